The number of nitrogens with zero attached hydrogens (tertiary/aromatic N) is 4. The minimum Gasteiger partial charge on any atom is -0.307 e. The van der Waals surface area contributed by atoms with Crippen LogP contribution in [0.4, 0.5) is 0 Å². The molecule has 0 N–H and O–H groups in total. The SMILES string of the molecule is c1ccc(-c2cc(-c3ccccc3)nc(-n3c4ccc5ccccc5c4c4c3c3c5ccccc5ccc3n4-c3ccccc3)n2)cc1. The molecule has 0 fully saturated rings. The van der Waals surface area contributed by atoms with Gasteiger partial charge in [0.1, 0.15) is 0 Å². The van der Waals surface area contributed by atoms with Crippen molar-refractivity contribution >= 4 is 54.4 Å². The molecule has 7 aromatic carbocycles. The van der Waals surface area contributed by atoms with Crippen molar-refractivity contribution in [2.75, 3.05) is 0 Å². The van der Waals surface area contributed by atoms with Crippen LogP contribution in [-0.4, -0.2) is 19.1 Å². The van der Waals surface area contributed by atoms with E-state index in [-0.39, 0.29) is 0 Å². The smallest absolute Gasteiger partial charge is 0.235 e. The number of para-hydroxylation sites is 1. The van der Waals surface area contributed by atoms with Gasteiger partial charge in [0, 0.05) is 27.6 Å². The predicted octanol–water partition coefficient (Wildman–Crippen LogP) is 11.2. The molecule has 0 spiro atoms. The number of benzene rings is 7. The molecule has 0 saturated heterocycles. The second-order valence-electron chi connectivity index (χ2n) is 12.2. The van der Waals surface area contributed by atoms with Gasteiger partial charge in [0.2, 0.25) is 5.95 Å². The number of hydrogen-bond acceptors (Lipinski definition) is 2. The highest BCUT2D eigenvalue weighted by atomic mass is 15.2. The second-order valence-corrected chi connectivity index (χ2v) is 12.2. The Balaban J connectivity index is 1.46. The Morgan fingerprint density at radius 1 is 0.375 bits per heavy atom. The van der Waals surface area contributed by atoms with Gasteiger partial charge in [-0.1, -0.05) is 140 Å². The first-order valence-corrected chi connectivity index (χ1v) is 16.3. The summed E-state index contributed by atoms with van der Waals surface area (Å²) in [5.74, 6) is 0.644. The molecular weight excluding hydrogens is 585 g/mol. The van der Waals surface area contributed by atoms with Crippen molar-refractivity contribution in [1.82, 2.24) is 19.1 Å². The molecule has 0 aliphatic heterocycles. The Hall–Kier alpha value is -6.52. The lowest BCUT2D eigenvalue weighted by molar-refractivity contribution is 0.998. The Bertz CT molecular complexity index is 2710. The minimum absolute atomic E-state index is 0.644. The van der Waals surface area contributed by atoms with Crippen LogP contribution in [0.1, 0.15) is 0 Å². The monoisotopic (exact) mass is 612 g/mol. The number of rotatable bonds is 4. The van der Waals surface area contributed by atoms with Crippen molar-refractivity contribution < 1.29 is 0 Å². The van der Waals surface area contributed by atoms with Crippen LogP contribution in [0.3, 0.4) is 0 Å². The summed E-state index contributed by atoms with van der Waals surface area (Å²) in [6.07, 6.45) is 0. The topological polar surface area (TPSA) is 35.6 Å². The molecule has 4 nitrogen and oxygen atoms in total. The van der Waals surface area contributed by atoms with Crippen molar-refractivity contribution in [3.63, 3.8) is 0 Å². The van der Waals surface area contributed by atoms with E-state index in [0.29, 0.717) is 5.95 Å². The maximum atomic E-state index is 5.36. The minimum atomic E-state index is 0.644. The summed E-state index contributed by atoms with van der Waals surface area (Å²) in [5.41, 5.74) is 9.44. The van der Waals surface area contributed by atoms with Gasteiger partial charge in [-0.25, -0.2) is 9.97 Å². The first-order chi connectivity index (χ1) is 23.8. The maximum absolute atomic E-state index is 5.36. The molecule has 10 rings (SSSR count). The van der Waals surface area contributed by atoms with Gasteiger partial charge in [-0.15, -0.1) is 0 Å². The normalized spacial score (nSPS) is 11.8. The van der Waals surface area contributed by atoms with Crippen molar-refractivity contribution in [2.24, 2.45) is 0 Å². The van der Waals surface area contributed by atoms with Crippen molar-refractivity contribution in [2.45, 2.75) is 0 Å². The third-order valence-electron chi connectivity index (χ3n) is 9.51. The molecular formula is C44H28N4. The van der Waals surface area contributed by atoms with E-state index >= 15 is 0 Å². The van der Waals surface area contributed by atoms with Crippen LogP contribution in [0.25, 0.3) is 88.5 Å². The van der Waals surface area contributed by atoms with Crippen LogP contribution >= 0.6 is 0 Å². The molecule has 0 saturated carbocycles. The molecule has 0 aliphatic carbocycles. The lowest BCUT2D eigenvalue weighted by atomic mass is 10.1. The Morgan fingerprint density at radius 2 is 0.812 bits per heavy atom. The molecule has 4 heteroatoms. The fraction of sp³-hybridized carbons (Fsp3) is 0. The average Bonchev–Trinajstić information content (AvgIpc) is 3.68. The summed E-state index contributed by atoms with van der Waals surface area (Å²) < 4.78 is 4.74. The summed E-state index contributed by atoms with van der Waals surface area (Å²) in [5, 5.41) is 7.16. The molecule has 224 valence electrons. The first kappa shape index (κ1) is 26.7. The van der Waals surface area contributed by atoms with E-state index in [1.807, 2.05) is 12.1 Å². The van der Waals surface area contributed by atoms with Crippen LogP contribution in [0.15, 0.2) is 170 Å². The zero-order chi connectivity index (χ0) is 31.6. The molecule has 0 atom stereocenters. The van der Waals surface area contributed by atoms with Crippen LogP contribution in [0, 0.1) is 0 Å². The molecule has 10 aromatic rings. The summed E-state index contributed by atoms with van der Waals surface area (Å²) in [4.78, 5) is 10.7. The third kappa shape index (κ3) is 3.96. The molecule has 3 heterocycles. The molecule has 3 aromatic heterocycles. The second kappa shape index (κ2) is 10.5. The van der Waals surface area contributed by atoms with Crippen LogP contribution < -0.4 is 0 Å². The summed E-state index contributed by atoms with van der Waals surface area (Å²) >= 11 is 0. The van der Waals surface area contributed by atoms with E-state index in [1.54, 1.807) is 0 Å². The molecule has 48 heavy (non-hydrogen) atoms. The van der Waals surface area contributed by atoms with Gasteiger partial charge in [-0.3, -0.25) is 4.57 Å². The third-order valence-corrected chi connectivity index (χ3v) is 9.51. The van der Waals surface area contributed by atoms with Crippen LogP contribution in [-0.2, 0) is 0 Å². The van der Waals surface area contributed by atoms with E-state index in [4.69, 9.17) is 9.97 Å². The van der Waals surface area contributed by atoms with E-state index in [0.717, 1.165) is 50.3 Å². The van der Waals surface area contributed by atoms with E-state index in [9.17, 15) is 0 Å². The highest BCUT2D eigenvalue weighted by Gasteiger charge is 2.26. The molecule has 0 unspecified atom stereocenters. The van der Waals surface area contributed by atoms with Gasteiger partial charge in [-0.2, -0.15) is 0 Å². The van der Waals surface area contributed by atoms with Crippen molar-refractivity contribution in [3.05, 3.63) is 170 Å². The van der Waals surface area contributed by atoms with E-state index in [2.05, 4.69) is 167 Å². The quantitative estimate of drug-likeness (QED) is 0.198. The number of aromatic nitrogens is 4. The molecule has 0 aliphatic rings. The largest absolute Gasteiger partial charge is 0.307 e. The van der Waals surface area contributed by atoms with E-state index in [1.165, 1.54) is 32.3 Å². The van der Waals surface area contributed by atoms with Gasteiger partial charge in [0.05, 0.1) is 33.5 Å². The Kier molecular flexibility index (Phi) is 5.84. The standard InChI is InChI=1S/C44H28N4/c1-4-16-31(17-5-1)36-28-37(32-18-6-2-7-19-32)46-44(45-36)48-39-27-25-30-15-11-13-23-35(30)41(39)42-43(48)40-34-22-12-10-14-29(34)24-26-38(40)47(42)33-20-8-3-9-21-33/h1-28H. The first-order valence-electron chi connectivity index (χ1n) is 16.3. The average molecular weight is 613 g/mol. The van der Waals surface area contributed by atoms with Gasteiger partial charge >= 0.3 is 0 Å². The zero-order valence-electron chi connectivity index (χ0n) is 26.0. The maximum Gasteiger partial charge on any atom is 0.235 e. The van der Waals surface area contributed by atoms with Gasteiger partial charge < -0.3 is 4.57 Å². The summed E-state index contributed by atoms with van der Waals surface area (Å²) in [7, 11) is 0. The van der Waals surface area contributed by atoms with Crippen molar-refractivity contribution in [1.29, 1.82) is 0 Å². The lowest BCUT2D eigenvalue weighted by Crippen LogP contribution is -2.04. The van der Waals surface area contributed by atoms with Gasteiger partial charge in [0.15, 0.2) is 0 Å². The number of fused-ring (bicyclic) bond motifs is 9. The predicted molar refractivity (Wildman–Crippen MR) is 199 cm³/mol. The fourth-order valence-electron chi connectivity index (χ4n) is 7.40. The van der Waals surface area contributed by atoms with Crippen LogP contribution in [0.2, 0.25) is 0 Å². The van der Waals surface area contributed by atoms with E-state index < -0.39 is 0 Å². The Morgan fingerprint density at radius 3 is 1.35 bits per heavy atom. The fourth-order valence-corrected chi connectivity index (χ4v) is 7.40. The highest BCUT2D eigenvalue weighted by molar-refractivity contribution is 6.30. The summed E-state index contributed by atoms with van der Waals surface area (Å²) in [6.45, 7) is 0. The van der Waals surface area contributed by atoms with Crippen molar-refractivity contribution in [3.8, 4) is 34.2 Å². The number of hydrogen-bond donors (Lipinski definition) is 0. The molecule has 0 bridgehead atoms. The van der Waals surface area contributed by atoms with Gasteiger partial charge in [0.25, 0.3) is 0 Å². The van der Waals surface area contributed by atoms with Crippen LogP contribution in [0.5, 0.6) is 0 Å². The molecule has 0 amide bonds. The zero-order valence-corrected chi connectivity index (χ0v) is 26.0. The highest BCUT2D eigenvalue weighted by Crippen LogP contribution is 2.45. The summed E-state index contributed by atoms with van der Waals surface area (Å²) in [6, 6.07) is 60.0. The lowest BCUT2D eigenvalue weighted by Gasteiger charge is -2.13. The molecule has 0 radical (unpaired) electrons. The Labute approximate surface area is 276 Å². The van der Waals surface area contributed by atoms with Gasteiger partial charge in [-0.05, 0) is 51.9 Å².